The first-order valence-electron chi connectivity index (χ1n) is 8.61. The zero-order valence-corrected chi connectivity index (χ0v) is 15.7. The second kappa shape index (κ2) is 9.85. The van der Waals surface area contributed by atoms with Gasteiger partial charge < -0.3 is 4.90 Å². The number of rotatable bonds is 5. The molecular weight excluding hydrogens is 366 g/mol. The van der Waals surface area contributed by atoms with Crippen LogP contribution in [0.5, 0.6) is 0 Å². The second-order valence-corrected chi connectivity index (χ2v) is 6.21. The Hall–Kier alpha value is -2.70. The van der Waals surface area contributed by atoms with Crippen molar-refractivity contribution in [3.05, 3.63) is 81.9 Å². The number of halogens is 1. The van der Waals surface area contributed by atoms with Crippen LogP contribution in [0.3, 0.4) is 0 Å². The van der Waals surface area contributed by atoms with E-state index in [0.717, 1.165) is 19.6 Å². The van der Waals surface area contributed by atoms with Crippen molar-refractivity contribution in [3.63, 3.8) is 0 Å². The number of hydrogen-bond acceptors (Lipinski definition) is 4. The van der Waals surface area contributed by atoms with E-state index in [2.05, 4.69) is 29.2 Å². The predicted molar refractivity (Wildman–Crippen MR) is 108 cm³/mol. The van der Waals surface area contributed by atoms with Crippen molar-refractivity contribution in [1.29, 1.82) is 0 Å². The van der Waals surface area contributed by atoms with Crippen molar-refractivity contribution in [2.45, 2.75) is 0 Å². The molecular formula is C20H22ClN3O3. The van der Waals surface area contributed by atoms with Gasteiger partial charge in [-0.25, -0.2) is 0 Å². The molecule has 1 aliphatic rings. The van der Waals surface area contributed by atoms with Gasteiger partial charge in [-0.2, -0.15) is 0 Å². The van der Waals surface area contributed by atoms with Crippen molar-refractivity contribution in [1.82, 2.24) is 9.80 Å². The van der Waals surface area contributed by atoms with Crippen LogP contribution in [-0.4, -0.2) is 53.4 Å². The highest BCUT2D eigenvalue weighted by molar-refractivity contribution is 5.94. The summed E-state index contributed by atoms with van der Waals surface area (Å²) in [6.07, 6.45) is 4.23. The summed E-state index contributed by atoms with van der Waals surface area (Å²) in [5, 5.41) is 10.9. The van der Waals surface area contributed by atoms with Gasteiger partial charge in [-0.1, -0.05) is 48.6 Å². The lowest BCUT2D eigenvalue weighted by atomic mass is 10.1. The summed E-state index contributed by atoms with van der Waals surface area (Å²) < 4.78 is 0. The third-order valence-corrected chi connectivity index (χ3v) is 4.44. The van der Waals surface area contributed by atoms with Crippen molar-refractivity contribution < 1.29 is 9.72 Å². The highest BCUT2D eigenvalue weighted by Gasteiger charge is 2.22. The highest BCUT2D eigenvalue weighted by Crippen LogP contribution is 2.16. The molecule has 0 aliphatic carbocycles. The second-order valence-electron chi connectivity index (χ2n) is 6.21. The van der Waals surface area contributed by atoms with E-state index in [1.807, 2.05) is 18.2 Å². The SMILES string of the molecule is Cl.O=C(c1cccc([N+](=O)[O-])c1)N1CCN(CC=Cc2ccccc2)CC1. The molecule has 0 unspecified atom stereocenters. The maximum absolute atomic E-state index is 12.6. The zero-order valence-electron chi connectivity index (χ0n) is 14.9. The van der Waals surface area contributed by atoms with Crippen LogP contribution >= 0.6 is 12.4 Å². The molecule has 3 rings (SSSR count). The van der Waals surface area contributed by atoms with E-state index in [4.69, 9.17) is 0 Å². The van der Waals surface area contributed by atoms with Gasteiger partial charge >= 0.3 is 0 Å². The number of carbonyl (C=O) groups excluding carboxylic acids is 1. The van der Waals surface area contributed by atoms with E-state index in [0.29, 0.717) is 18.7 Å². The standard InChI is InChI=1S/C20H21N3O3.ClH/c24-20(18-9-4-10-19(16-18)23(25)26)22-14-12-21(13-15-22)11-5-8-17-6-2-1-3-7-17;/h1-10,16H,11-15H2;1H. The number of non-ortho nitro benzene ring substituents is 1. The molecule has 0 saturated carbocycles. The summed E-state index contributed by atoms with van der Waals surface area (Å²) in [5.74, 6) is -0.145. The third-order valence-electron chi connectivity index (χ3n) is 4.44. The molecule has 1 fully saturated rings. The van der Waals surface area contributed by atoms with Gasteiger partial charge in [0, 0.05) is 50.4 Å². The van der Waals surface area contributed by atoms with Gasteiger partial charge in [-0.15, -0.1) is 12.4 Å². The molecule has 0 atom stereocenters. The Bertz CT molecular complexity index is 803. The quantitative estimate of drug-likeness (QED) is 0.581. The van der Waals surface area contributed by atoms with Crippen LogP contribution in [0.2, 0.25) is 0 Å². The lowest BCUT2D eigenvalue weighted by molar-refractivity contribution is -0.384. The number of nitro benzene ring substituents is 1. The third kappa shape index (κ3) is 5.64. The van der Waals surface area contributed by atoms with Gasteiger partial charge in [0.05, 0.1) is 4.92 Å². The van der Waals surface area contributed by atoms with Crippen LogP contribution in [0.1, 0.15) is 15.9 Å². The zero-order chi connectivity index (χ0) is 18.4. The molecule has 6 nitrogen and oxygen atoms in total. The molecule has 1 aliphatic heterocycles. The molecule has 0 aromatic heterocycles. The smallest absolute Gasteiger partial charge is 0.270 e. The van der Waals surface area contributed by atoms with E-state index in [1.165, 1.54) is 17.7 Å². The van der Waals surface area contributed by atoms with E-state index in [-0.39, 0.29) is 24.0 Å². The van der Waals surface area contributed by atoms with Gasteiger partial charge in [0.2, 0.25) is 0 Å². The predicted octanol–water partition coefficient (Wildman–Crippen LogP) is 3.49. The molecule has 142 valence electrons. The first-order valence-corrected chi connectivity index (χ1v) is 8.61. The Morgan fingerprint density at radius 1 is 1.04 bits per heavy atom. The minimum atomic E-state index is -0.478. The lowest BCUT2D eigenvalue weighted by Crippen LogP contribution is -2.48. The first kappa shape index (κ1) is 20.6. The average molecular weight is 388 g/mol. The molecule has 2 aromatic carbocycles. The fourth-order valence-corrected chi connectivity index (χ4v) is 2.97. The number of nitro groups is 1. The molecule has 1 amide bonds. The molecule has 2 aromatic rings. The number of hydrogen-bond donors (Lipinski definition) is 0. The van der Waals surface area contributed by atoms with Crippen LogP contribution in [0, 0.1) is 10.1 Å². The Balaban J connectivity index is 0.00000261. The maximum atomic E-state index is 12.6. The van der Waals surface area contributed by atoms with Gasteiger partial charge in [-0.3, -0.25) is 19.8 Å². The normalized spacial score (nSPS) is 14.7. The van der Waals surface area contributed by atoms with E-state index >= 15 is 0 Å². The summed E-state index contributed by atoms with van der Waals surface area (Å²) in [6, 6.07) is 16.1. The number of benzene rings is 2. The van der Waals surface area contributed by atoms with Crippen LogP contribution in [0.4, 0.5) is 5.69 Å². The van der Waals surface area contributed by atoms with E-state index in [1.54, 1.807) is 17.0 Å². The van der Waals surface area contributed by atoms with Crippen LogP contribution in [-0.2, 0) is 0 Å². The molecule has 7 heteroatoms. The number of piperazine rings is 1. The van der Waals surface area contributed by atoms with Gasteiger partial charge in [0.1, 0.15) is 0 Å². The molecule has 1 saturated heterocycles. The van der Waals surface area contributed by atoms with Crippen molar-refractivity contribution in [2.24, 2.45) is 0 Å². The van der Waals surface area contributed by atoms with E-state index < -0.39 is 4.92 Å². The van der Waals surface area contributed by atoms with Crippen LogP contribution < -0.4 is 0 Å². The molecule has 0 spiro atoms. The number of carbonyl (C=O) groups is 1. The van der Waals surface area contributed by atoms with Crippen molar-refractivity contribution in [2.75, 3.05) is 32.7 Å². The summed E-state index contributed by atoms with van der Waals surface area (Å²) in [5.41, 5.74) is 1.49. The summed E-state index contributed by atoms with van der Waals surface area (Å²) in [7, 11) is 0. The molecule has 27 heavy (non-hydrogen) atoms. The molecule has 0 radical (unpaired) electrons. The highest BCUT2D eigenvalue weighted by atomic mass is 35.5. The van der Waals surface area contributed by atoms with Crippen LogP contribution in [0.25, 0.3) is 6.08 Å². The topological polar surface area (TPSA) is 66.7 Å². The minimum Gasteiger partial charge on any atom is -0.336 e. The van der Waals surface area contributed by atoms with Gasteiger partial charge in [-0.05, 0) is 11.6 Å². The fourth-order valence-electron chi connectivity index (χ4n) is 2.97. The van der Waals surface area contributed by atoms with Gasteiger partial charge in [0.25, 0.3) is 11.6 Å². The molecule has 1 heterocycles. The maximum Gasteiger partial charge on any atom is 0.270 e. The first-order chi connectivity index (χ1) is 12.6. The van der Waals surface area contributed by atoms with E-state index in [9.17, 15) is 14.9 Å². The number of nitrogens with zero attached hydrogens (tertiary/aromatic N) is 3. The Kier molecular flexibility index (Phi) is 7.52. The van der Waals surface area contributed by atoms with Gasteiger partial charge in [0.15, 0.2) is 0 Å². The monoisotopic (exact) mass is 387 g/mol. The Morgan fingerprint density at radius 3 is 2.41 bits per heavy atom. The summed E-state index contributed by atoms with van der Waals surface area (Å²) >= 11 is 0. The Labute approximate surface area is 164 Å². The number of amides is 1. The van der Waals surface area contributed by atoms with Crippen LogP contribution in [0.15, 0.2) is 60.7 Å². The summed E-state index contributed by atoms with van der Waals surface area (Å²) in [6.45, 7) is 3.68. The molecule has 0 N–H and O–H groups in total. The van der Waals surface area contributed by atoms with Crippen molar-refractivity contribution in [3.8, 4) is 0 Å². The largest absolute Gasteiger partial charge is 0.336 e. The summed E-state index contributed by atoms with van der Waals surface area (Å²) in [4.78, 5) is 27.0. The Morgan fingerprint density at radius 2 is 1.74 bits per heavy atom. The van der Waals surface area contributed by atoms with Crippen molar-refractivity contribution >= 4 is 30.1 Å². The molecule has 0 bridgehead atoms. The fraction of sp³-hybridized carbons (Fsp3) is 0.250. The lowest BCUT2D eigenvalue weighted by Gasteiger charge is -2.34. The minimum absolute atomic E-state index is 0. The average Bonchev–Trinajstić information content (AvgIpc) is 2.69.